The van der Waals surface area contributed by atoms with Gasteiger partial charge >= 0.3 is 5.97 Å². The van der Waals surface area contributed by atoms with Gasteiger partial charge in [0.15, 0.2) is 25.2 Å². The summed E-state index contributed by atoms with van der Waals surface area (Å²) < 4.78 is 59.5. The Morgan fingerprint density at radius 3 is 1.74 bits per heavy atom. The van der Waals surface area contributed by atoms with Crippen LogP contribution in [0.15, 0.2) is 12.2 Å². The molecule has 15 N–H and O–H groups in total. The quantitative estimate of drug-likeness (QED) is 0.0478. The number of aliphatic hydroxyl groups excluding tert-OH is 15. The van der Waals surface area contributed by atoms with Crippen LogP contribution in [0.5, 0.6) is 0 Å². The topological polar surface area (TPSA) is 413 Å². The van der Waals surface area contributed by atoms with Crippen LogP contribution >= 0.6 is 0 Å². The highest BCUT2D eigenvalue weighted by atomic mass is 16.8. The molecule has 5 heterocycles. The molecule has 85 heavy (non-hydrogen) atoms. The van der Waals surface area contributed by atoms with Crippen molar-refractivity contribution in [3.05, 3.63) is 12.2 Å². The minimum absolute atomic E-state index is 0.0172. The molecular formula is C59H96O26. The molecule has 35 atom stereocenters. The first-order valence-corrected chi connectivity index (χ1v) is 30.7. The predicted octanol–water partition coefficient (Wildman–Crippen LogP) is -2.69. The summed E-state index contributed by atoms with van der Waals surface area (Å²) in [5, 5.41) is 163. The van der Waals surface area contributed by atoms with Gasteiger partial charge in [-0.2, -0.15) is 0 Å². The molecule has 10 aliphatic rings. The summed E-state index contributed by atoms with van der Waals surface area (Å²) in [6.45, 7) is 16.5. The molecule has 5 saturated heterocycles. The molecule has 0 aromatic heterocycles. The summed E-state index contributed by atoms with van der Waals surface area (Å²) in [6.07, 6.45) is -31.6. The Kier molecular flexibility index (Phi) is 19.2. The molecule has 10 fully saturated rings. The standard InChI is InChI=1S/C59H96O26/c1-23(2)26-11-16-59(54(75)85-52-45(73)41(69)38(66)30(81-52)21-77-49-46(74)42(70)47(29(19-60)80-49)83-50-43(71)39(67)35(63)24(3)78-50)18-17-57(7)27(34(26)59)9-10-32-55(5)14-13-33(56(6,22-61)31(55)12-15-58(32,57)8)82-53-48(37(65)28(62)20-76-53)84-51-44(72)40(68)36(64)25(4)79-51/h24-53,60-74H,1,9-22H2,2-8H3/t24-,25-,26?,27+,28-,29+,30+,31+,32+,33-,34-,35-,36-,37-,38+,39+,40+,41-,42+,43+,44+,45?,46+,47+,48+,49+,50-,51-,52-,53-,55-,56?,57+,58+,59-/m0/s1. The number of fused-ring (bicyclic) bond motifs is 7. The van der Waals surface area contributed by atoms with Crippen LogP contribution in [0.3, 0.4) is 0 Å². The summed E-state index contributed by atoms with van der Waals surface area (Å²) in [6, 6.07) is 0. The van der Waals surface area contributed by atoms with Gasteiger partial charge in [-0.05, 0) is 131 Å². The Balaban J connectivity index is 0.820. The second-order valence-electron chi connectivity index (χ2n) is 28.0. The SMILES string of the molecule is C=C(C)C1CC[C@]2(C(=O)O[C@@H]3O[C@H](CO[C@@H]4O[C@H](CO)[C@@H](O[C@@H]5O[C@@H](C)[C@H](O)[C@@H](O)[C@H]5O)[C@H](O)[C@H]4O)[C@@H](O)[C@H](O)C3O)CC[C@]3(C)[C@H](CC[C@@H]4[C@@]5(C)CC[C@H](O[C@@H]6OC[C@H](O)[C@H](O)[C@H]6O[C@@H]6O[C@@H](C)[C@H](O)[C@@H](O)[C@H]6O)C(C)(CO)[C@@H]5CC[C@]43C)[C@H]12. The van der Waals surface area contributed by atoms with Crippen molar-refractivity contribution in [1.82, 2.24) is 0 Å². The number of hydrogen-bond acceptors (Lipinski definition) is 26. The molecule has 0 spiro atoms. The summed E-state index contributed by atoms with van der Waals surface area (Å²) in [5.74, 6) is -0.760. The second-order valence-corrected chi connectivity index (χ2v) is 28.0. The average molecular weight is 1220 g/mol. The lowest BCUT2D eigenvalue weighted by Crippen LogP contribution is -2.68. The number of allylic oxidation sites excluding steroid dienone is 1. The first kappa shape index (κ1) is 66.2. The van der Waals surface area contributed by atoms with Gasteiger partial charge in [0, 0.05) is 5.41 Å². The normalized spacial score (nSPS) is 56.3. The molecule has 0 aromatic rings. The highest BCUT2D eigenvalue weighted by Crippen LogP contribution is 2.78. The van der Waals surface area contributed by atoms with E-state index in [4.69, 9.17) is 47.4 Å². The van der Waals surface area contributed by atoms with Crippen LogP contribution in [-0.4, -0.2) is 263 Å². The van der Waals surface area contributed by atoms with Gasteiger partial charge in [0.1, 0.15) is 104 Å². The third kappa shape index (κ3) is 10.9. The Hall–Kier alpha value is -1.75. The maximum atomic E-state index is 15.2. The molecule has 10 rings (SSSR count). The zero-order chi connectivity index (χ0) is 61.9. The minimum Gasteiger partial charge on any atom is -0.432 e. The Labute approximate surface area is 494 Å². The number of aliphatic hydroxyl groups is 15. The van der Waals surface area contributed by atoms with E-state index in [9.17, 15) is 76.6 Å². The predicted molar refractivity (Wildman–Crippen MR) is 288 cm³/mol. The molecule has 488 valence electrons. The van der Waals surface area contributed by atoms with E-state index < -0.39 is 184 Å². The van der Waals surface area contributed by atoms with E-state index in [1.165, 1.54) is 13.8 Å². The van der Waals surface area contributed by atoms with E-state index in [0.29, 0.717) is 38.5 Å². The van der Waals surface area contributed by atoms with E-state index in [-0.39, 0.29) is 59.0 Å². The number of ether oxygens (including phenoxy) is 10. The summed E-state index contributed by atoms with van der Waals surface area (Å²) in [7, 11) is 0. The third-order valence-corrected chi connectivity index (χ3v) is 23.6. The first-order valence-electron chi connectivity index (χ1n) is 30.7. The largest absolute Gasteiger partial charge is 0.432 e. The lowest BCUT2D eigenvalue weighted by Gasteiger charge is -2.73. The number of carbonyl (C=O) groups is 1. The molecule has 5 saturated carbocycles. The van der Waals surface area contributed by atoms with E-state index >= 15 is 4.79 Å². The van der Waals surface area contributed by atoms with Crippen molar-refractivity contribution >= 4 is 5.97 Å². The molecular weight excluding hydrogens is 1120 g/mol. The molecule has 5 aliphatic carbocycles. The Morgan fingerprint density at radius 1 is 0.541 bits per heavy atom. The van der Waals surface area contributed by atoms with Crippen molar-refractivity contribution in [2.75, 3.05) is 26.4 Å². The van der Waals surface area contributed by atoms with Crippen molar-refractivity contribution in [1.29, 1.82) is 0 Å². The van der Waals surface area contributed by atoms with Gasteiger partial charge in [-0.3, -0.25) is 4.79 Å². The second kappa shape index (κ2) is 24.7. The summed E-state index contributed by atoms with van der Waals surface area (Å²) >= 11 is 0. The maximum Gasteiger partial charge on any atom is 0.314 e. The summed E-state index contributed by atoms with van der Waals surface area (Å²) in [5.41, 5.74) is -1.80. The Morgan fingerprint density at radius 2 is 1.13 bits per heavy atom. The van der Waals surface area contributed by atoms with Crippen LogP contribution in [0.4, 0.5) is 0 Å². The zero-order valence-corrected chi connectivity index (χ0v) is 49.6. The van der Waals surface area contributed by atoms with Gasteiger partial charge < -0.3 is 124 Å². The molecule has 5 aliphatic heterocycles. The van der Waals surface area contributed by atoms with Gasteiger partial charge in [-0.15, -0.1) is 0 Å². The first-order chi connectivity index (χ1) is 39.9. The van der Waals surface area contributed by atoms with Crippen LogP contribution in [-0.2, 0) is 52.2 Å². The van der Waals surface area contributed by atoms with Crippen LogP contribution in [0.1, 0.15) is 113 Å². The van der Waals surface area contributed by atoms with E-state index in [2.05, 4.69) is 27.4 Å². The van der Waals surface area contributed by atoms with Crippen LogP contribution < -0.4 is 0 Å². The molecule has 3 unspecified atom stereocenters. The molecule has 26 heteroatoms. The lowest BCUT2D eigenvalue weighted by molar-refractivity contribution is -0.366. The van der Waals surface area contributed by atoms with Crippen molar-refractivity contribution in [3.63, 3.8) is 0 Å². The zero-order valence-electron chi connectivity index (χ0n) is 49.6. The highest BCUT2D eigenvalue weighted by molar-refractivity contribution is 5.78. The summed E-state index contributed by atoms with van der Waals surface area (Å²) in [4.78, 5) is 15.2. The van der Waals surface area contributed by atoms with Crippen molar-refractivity contribution in [3.8, 4) is 0 Å². The smallest absolute Gasteiger partial charge is 0.314 e. The fourth-order valence-corrected chi connectivity index (χ4v) is 18.4. The maximum absolute atomic E-state index is 15.2. The fourth-order valence-electron chi connectivity index (χ4n) is 18.4. The van der Waals surface area contributed by atoms with E-state index in [1.54, 1.807) is 0 Å². The van der Waals surface area contributed by atoms with Gasteiger partial charge in [-0.1, -0.05) is 39.8 Å². The van der Waals surface area contributed by atoms with Gasteiger partial charge in [0.05, 0.1) is 50.2 Å². The number of rotatable bonds is 14. The monoisotopic (exact) mass is 1220 g/mol. The molecule has 0 aromatic carbocycles. The molecule has 0 radical (unpaired) electrons. The van der Waals surface area contributed by atoms with Crippen molar-refractivity contribution in [2.24, 2.45) is 56.7 Å². The number of hydrogen-bond donors (Lipinski definition) is 15. The Bertz CT molecular complexity index is 2340. The van der Waals surface area contributed by atoms with Crippen LogP contribution in [0.2, 0.25) is 0 Å². The van der Waals surface area contributed by atoms with E-state index in [0.717, 1.165) is 31.3 Å². The third-order valence-electron chi connectivity index (χ3n) is 23.6. The van der Waals surface area contributed by atoms with Gasteiger partial charge in [-0.25, -0.2) is 0 Å². The highest BCUT2D eigenvalue weighted by Gasteiger charge is 2.73. The van der Waals surface area contributed by atoms with Gasteiger partial charge in [0.2, 0.25) is 6.29 Å². The molecule has 0 amide bonds. The molecule has 0 bridgehead atoms. The van der Waals surface area contributed by atoms with Crippen molar-refractivity contribution in [2.45, 2.75) is 266 Å². The lowest BCUT2D eigenvalue weighted by atomic mass is 9.32. The number of esters is 1. The number of carbonyl (C=O) groups excluding carboxylic acids is 1. The fraction of sp³-hybridized carbons (Fsp3) is 0.949. The van der Waals surface area contributed by atoms with Crippen LogP contribution in [0.25, 0.3) is 0 Å². The molecule has 26 nitrogen and oxygen atoms in total. The minimum atomic E-state index is -1.90. The van der Waals surface area contributed by atoms with E-state index in [1.807, 2.05) is 13.8 Å². The van der Waals surface area contributed by atoms with Crippen molar-refractivity contribution < 1.29 is 129 Å². The average Bonchev–Trinajstić information content (AvgIpc) is 1.62. The van der Waals surface area contributed by atoms with Crippen LogP contribution in [0, 0.1) is 56.7 Å². The van der Waals surface area contributed by atoms with Gasteiger partial charge in [0.25, 0.3) is 0 Å².